The second kappa shape index (κ2) is 11.2. The summed E-state index contributed by atoms with van der Waals surface area (Å²) in [7, 11) is 0. The molecule has 0 radical (unpaired) electrons. The summed E-state index contributed by atoms with van der Waals surface area (Å²) in [5.41, 5.74) is 15.3. The third-order valence-corrected chi connectivity index (χ3v) is 11.1. The van der Waals surface area contributed by atoms with Crippen LogP contribution in [0.4, 0.5) is 0 Å². The maximum Gasteiger partial charge on any atom is 0.0701 e. The van der Waals surface area contributed by atoms with Gasteiger partial charge in [0.1, 0.15) is 0 Å². The average Bonchev–Trinajstić information content (AvgIpc) is 3.51. The predicted octanol–water partition coefficient (Wildman–Crippen LogP) is 13.4. The molecule has 1 aliphatic rings. The number of benzene rings is 8. The number of pyridine rings is 1. The molecule has 0 spiro atoms. The largest absolute Gasteiger partial charge is 0.256 e. The smallest absolute Gasteiger partial charge is 0.0701 e. The van der Waals surface area contributed by atoms with E-state index in [1.807, 2.05) is 18.3 Å². The van der Waals surface area contributed by atoms with E-state index in [0.717, 1.165) is 11.3 Å². The summed E-state index contributed by atoms with van der Waals surface area (Å²) in [6.45, 7) is 6.91. The summed E-state index contributed by atoms with van der Waals surface area (Å²) in [6, 6.07) is 58.8. The van der Waals surface area contributed by atoms with Crippen molar-refractivity contribution in [2.24, 2.45) is 0 Å². The van der Waals surface area contributed by atoms with Crippen molar-refractivity contribution in [3.05, 3.63) is 186 Å². The van der Waals surface area contributed by atoms with Gasteiger partial charge < -0.3 is 0 Å². The normalized spacial score (nSPS) is 12.9. The monoisotopic (exact) mass is 651 g/mol. The lowest BCUT2D eigenvalue weighted by molar-refractivity contribution is 0.591. The first-order valence-corrected chi connectivity index (χ1v) is 18.0. The van der Waals surface area contributed by atoms with Crippen LogP contribution in [-0.4, -0.2) is 4.98 Å². The van der Waals surface area contributed by atoms with Crippen molar-refractivity contribution >= 4 is 32.3 Å². The zero-order valence-corrected chi connectivity index (χ0v) is 29.1. The summed E-state index contributed by atoms with van der Waals surface area (Å²) in [5.74, 6) is 0.201. The fourth-order valence-corrected chi connectivity index (χ4v) is 8.58. The van der Waals surface area contributed by atoms with Gasteiger partial charge in [-0.05, 0) is 112 Å². The number of hydrogen-bond donors (Lipinski definition) is 0. The SMILES string of the molecule is CC(C)(C)c1cc2ccc3c(-c4ccc(-c5ccccn5)cc4)cc(-c4cccc(C5c6ccccc6-c6ccccc65)c4)c4ccc(c1)c2c34. The molecule has 1 aromatic heterocycles. The molecular weight excluding hydrogens is 615 g/mol. The van der Waals surface area contributed by atoms with Gasteiger partial charge in [0.05, 0.1) is 5.69 Å². The molecule has 10 rings (SSSR count). The number of hydrogen-bond acceptors (Lipinski definition) is 1. The summed E-state index contributed by atoms with van der Waals surface area (Å²) in [4.78, 5) is 4.60. The molecule has 0 unspecified atom stereocenters. The van der Waals surface area contributed by atoms with E-state index < -0.39 is 0 Å². The molecule has 0 N–H and O–H groups in total. The zero-order valence-electron chi connectivity index (χ0n) is 29.1. The Morgan fingerprint density at radius 1 is 0.451 bits per heavy atom. The van der Waals surface area contributed by atoms with Gasteiger partial charge in [-0.3, -0.25) is 4.98 Å². The molecule has 0 saturated carbocycles. The van der Waals surface area contributed by atoms with E-state index in [2.05, 4.69) is 171 Å². The lowest BCUT2D eigenvalue weighted by Gasteiger charge is -2.23. The quantitative estimate of drug-likeness (QED) is 0.173. The van der Waals surface area contributed by atoms with Crippen LogP contribution < -0.4 is 0 Å². The Kier molecular flexibility index (Phi) is 6.57. The summed E-state index contributed by atoms with van der Waals surface area (Å²) < 4.78 is 0. The Morgan fingerprint density at radius 2 is 1.06 bits per heavy atom. The second-order valence-corrected chi connectivity index (χ2v) is 15.1. The van der Waals surface area contributed by atoms with Gasteiger partial charge in [-0.1, -0.05) is 160 Å². The molecule has 1 heteroatoms. The van der Waals surface area contributed by atoms with Gasteiger partial charge in [0.2, 0.25) is 0 Å². The number of rotatable bonds is 4. The van der Waals surface area contributed by atoms with Crippen LogP contribution in [0, 0.1) is 0 Å². The van der Waals surface area contributed by atoms with Gasteiger partial charge in [-0.15, -0.1) is 0 Å². The first-order chi connectivity index (χ1) is 24.9. The van der Waals surface area contributed by atoms with Gasteiger partial charge in [0.25, 0.3) is 0 Å². The van der Waals surface area contributed by atoms with Crippen LogP contribution >= 0.6 is 0 Å². The summed E-state index contributed by atoms with van der Waals surface area (Å²) >= 11 is 0. The van der Waals surface area contributed by atoms with Crippen LogP contribution in [0.15, 0.2) is 164 Å². The molecule has 51 heavy (non-hydrogen) atoms. The Bertz CT molecular complexity index is 2700. The van der Waals surface area contributed by atoms with E-state index in [9.17, 15) is 0 Å². The number of aromatic nitrogens is 1. The number of fused-ring (bicyclic) bond motifs is 3. The predicted molar refractivity (Wildman–Crippen MR) is 216 cm³/mol. The Morgan fingerprint density at radius 3 is 1.69 bits per heavy atom. The van der Waals surface area contributed by atoms with Crippen molar-refractivity contribution in [1.29, 1.82) is 0 Å². The third kappa shape index (κ3) is 4.72. The molecule has 8 aromatic carbocycles. The zero-order chi connectivity index (χ0) is 34.3. The van der Waals surface area contributed by atoms with Gasteiger partial charge >= 0.3 is 0 Å². The van der Waals surface area contributed by atoms with E-state index in [1.54, 1.807) is 0 Å². The Hall–Kier alpha value is -6.05. The molecular formula is C50H37N. The van der Waals surface area contributed by atoms with Crippen molar-refractivity contribution in [3.63, 3.8) is 0 Å². The Labute approximate surface area is 299 Å². The van der Waals surface area contributed by atoms with Crippen LogP contribution in [0.1, 0.15) is 48.9 Å². The van der Waals surface area contributed by atoms with Gasteiger partial charge in [-0.2, -0.15) is 0 Å². The van der Waals surface area contributed by atoms with E-state index in [0.29, 0.717) is 0 Å². The van der Waals surface area contributed by atoms with E-state index in [4.69, 9.17) is 0 Å². The van der Waals surface area contributed by atoms with Crippen LogP contribution in [0.3, 0.4) is 0 Å². The van der Waals surface area contributed by atoms with Crippen LogP contribution in [0.2, 0.25) is 0 Å². The van der Waals surface area contributed by atoms with Crippen LogP contribution in [0.5, 0.6) is 0 Å². The highest BCUT2D eigenvalue weighted by molar-refractivity contribution is 6.28. The molecule has 0 fully saturated rings. The summed E-state index contributed by atoms with van der Waals surface area (Å²) in [5, 5.41) is 7.88. The third-order valence-electron chi connectivity index (χ3n) is 11.1. The molecule has 0 bridgehead atoms. The minimum Gasteiger partial charge on any atom is -0.256 e. The number of nitrogens with zero attached hydrogens (tertiary/aromatic N) is 1. The molecule has 242 valence electrons. The molecule has 0 saturated heterocycles. The Balaban J connectivity index is 1.22. The highest BCUT2D eigenvalue weighted by Gasteiger charge is 2.29. The van der Waals surface area contributed by atoms with Crippen molar-refractivity contribution in [3.8, 4) is 44.6 Å². The topological polar surface area (TPSA) is 12.9 Å². The minimum absolute atomic E-state index is 0.0635. The van der Waals surface area contributed by atoms with Crippen molar-refractivity contribution in [1.82, 2.24) is 4.98 Å². The highest BCUT2D eigenvalue weighted by Crippen LogP contribution is 2.49. The first kappa shape index (κ1) is 29.8. The highest BCUT2D eigenvalue weighted by atomic mass is 14.7. The maximum absolute atomic E-state index is 4.60. The van der Waals surface area contributed by atoms with Gasteiger partial charge in [0.15, 0.2) is 0 Å². The molecule has 0 amide bonds. The van der Waals surface area contributed by atoms with Crippen molar-refractivity contribution in [2.75, 3.05) is 0 Å². The lowest BCUT2D eigenvalue weighted by Crippen LogP contribution is -2.10. The van der Waals surface area contributed by atoms with Crippen LogP contribution in [-0.2, 0) is 5.41 Å². The fourth-order valence-electron chi connectivity index (χ4n) is 8.58. The van der Waals surface area contributed by atoms with E-state index >= 15 is 0 Å². The molecule has 0 aliphatic heterocycles. The molecule has 0 atom stereocenters. The van der Waals surface area contributed by atoms with Crippen molar-refractivity contribution < 1.29 is 0 Å². The van der Waals surface area contributed by atoms with Crippen LogP contribution in [0.25, 0.3) is 77.0 Å². The second-order valence-electron chi connectivity index (χ2n) is 15.1. The van der Waals surface area contributed by atoms with Gasteiger partial charge in [0, 0.05) is 17.7 Å². The summed E-state index contributed by atoms with van der Waals surface area (Å²) in [6.07, 6.45) is 1.86. The maximum atomic E-state index is 4.60. The van der Waals surface area contributed by atoms with E-state index in [1.165, 1.54) is 88.0 Å². The lowest BCUT2D eigenvalue weighted by atomic mass is 9.81. The fraction of sp³-hybridized carbons (Fsp3) is 0.100. The first-order valence-electron chi connectivity index (χ1n) is 18.0. The molecule has 1 aliphatic carbocycles. The van der Waals surface area contributed by atoms with Gasteiger partial charge in [-0.25, -0.2) is 0 Å². The van der Waals surface area contributed by atoms with E-state index in [-0.39, 0.29) is 11.3 Å². The average molecular weight is 652 g/mol. The standard InChI is InChI=1S/C50H37N/c1-50(2,3)37-28-35-22-24-42-44(31-18-20-32(21-19-31)46-17-8-9-26-51-46)30-45(43-25-23-36(29-37)47(35)49(42)43)33-11-10-12-34(27-33)48-40-15-6-4-13-38(40)39-14-5-7-16-41(39)48/h4-30,48H,1-3H3. The molecule has 1 heterocycles. The minimum atomic E-state index is 0.0635. The molecule has 9 aromatic rings. The molecule has 1 nitrogen and oxygen atoms in total. The van der Waals surface area contributed by atoms with Crippen molar-refractivity contribution in [2.45, 2.75) is 32.1 Å².